The Morgan fingerprint density at radius 3 is 2.70 bits per heavy atom. The maximum atomic E-state index is 11.8. The van der Waals surface area contributed by atoms with Crippen molar-refractivity contribution in [1.29, 1.82) is 0 Å². The number of carboxylic acid groups (broad SMARTS) is 1. The molecular formula is C14H19NO5. The number of benzene rings is 1. The van der Waals surface area contributed by atoms with Crippen molar-refractivity contribution in [2.45, 2.75) is 20.0 Å². The van der Waals surface area contributed by atoms with Gasteiger partial charge >= 0.3 is 5.97 Å². The maximum absolute atomic E-state index is 11.8. The molecule has 1 aromatic carbocycles. The zero-order valence-electron chi connectivity index (χ0n) is 11.8. The van der Waals surface area contributed by atoms with E-state index >= 15 is 0 Å². The number of amides is 1. The van der Waals surface area contributed by atoms with Gasteiger partial charge in [0.1, 0.15) is 11.3 Å². The molecule has 20 heavy (non-hydrogen) atoms. The van der Waals surface area contributed by atoms with E-state index < -0.39 is 12.1 Å². The third-order valence-electron chi connectivity index (χ3n) is 2.71. The zero-order valence-corrected chi connectivity index (χ0v) is 11.8. The Hall–Kier alpha value is -2.08. The van der Waals surface area contributed by atoms with Gasteiger partial charge < -0.3 is 19.9 Å². The smallest absolute Gasteiger partial charge is 0.339 e. The van der Waals surface area contributed by atoms with Gasteiger partial charge in [0.25, 0.3) is 5.91 Å². The van der Waals surface area contributed by atoms with Crippen molar-refractivity contribution < 1.29 is 24.2 Å². The number of hydrogen-bond acceptors (Lipinski definition) is 4. The first-order chi connectivity index (χ1) is 9.47. The van der Waals surface area contributed by atoms with Gasteiger partial charge in [-0.3, -0.25) is 4.79 Å². The highest BCUT2D eigenvalue weighted by molar-refractivity contribution is 5.91. The first-order valence-corrected chi connectivity index (χ1v) is 6.23. The highest BCUT2D eigenvalue weighted by atomic mass is 16.5. The number of nitrogens with one attached hydrogen (secondary N) is 1. The largest absolute Gasteiger partial charge is 0.480 e. The van der Waals surface area contributed by atoms with Gasteiger partial charge in [0.15, 0.2) is 6.10 Å². The van der Waals surface area contributed by atoms with E-state index in [2.05, 4.69) is 5.32 Å². The third-order valence-corrected chi connectivity index (χ3v) is 2.71. The number of methoxy groups -OCH3 is 1. The molecule has 0 heterocycles. The highest BCUT2D eigenvalue weighted by Gasteiger charge is 2.19. The van der Waals surface area contributed by atoms with Crippen molar-refractivity contribution in [1.82, 2.24) is 5.32 Å². The molecule has 0 aromatic heterocycles. The number of aryl methyl sites for hydroxylation is 1. The lowest BCUT2D eigenvalue weighted by atomic mass is 10.1. The predicted molar refractivity (Wildman–Crippen MR) is 73.1 cm³/mol. The maximum Gasteiger partial charge on any atom is 0.339 e. The van der Waals surface area contributed by atoms with Gasteiger partial charge in [0.05, 0.1) is 6.61 Å². The van der Waals surface area contributed by atoms with Crippen LogP contribution >= 0.6 is 0 Å². The molecule has 0 aliphatic rings. The summed E-state index contributed by atoms with van der Waals surface area (Å²) >= 11 is 0. The van der Waals surface area contributed by atoms with E-state index in [1.165, 1.54) is 6.07 Å². The quantitative estimate of drug-likeness (QED) is 0.734. The Bertz CT molecular complexity index is 486. The molecule has 6 nitrogen and oxygen atoms in total. The van der Waals surface area contributed by atoms with Crippen LogP contribution in [0.25, 0.3) is 0 Å². The molecule has 0 aliphatic carbocycles. The van der Waals surface area contributed by atoms with Crippen molar-refractivity contribution in [2.24, 2.45) is 0 Å². The molecular weight excluding hydrogens is 262 g/mol. The normalized spacial score (nSPS) is 11.8. The Morgan fingerprint density at radius 2 is 2.10 bits per heavy atom. The molecule has 1 aromatic rings. The minimum absolute atomic E-state index is 0.0431. The zero-order chi connectivity index (χ0) is 15.1. The summed E-state index contributed by atoms with van der Waals surface area (Å²) in [5.74, 6) is -1.19. The Morgan fingerprint density at radius 1 is 1.40 bits per heavy atom. The monoisotopic (exact) mass is 281 g/mol. The summed E-state index contributed by atoms with van der Waals surface area (Å²) in [5, 5.41) is 11.8. The summed E-state index contributed by atoms with van der Waals surface area (Å²) in [6, 6.07) is 4.81. The molecule has 0 aliphatic heterocycles. The summed E-state index contributed by atoms with van der Waals surface area (Å²) in [6.45, 7) is 4.09. The van der Waals surface area contributed by atoms with Crippen LogP contribution in [0.1, 0.15) is 22.8 Å². The second-order valence-electron chi connectivity index (χ2n) is 4.30. The predicted octanol–water partition coefficient (Wildman–Crippen LogP) is 1.22. The number of carboxylic acids is 1. The van der Waals surface area contributed by atoms with Crippen LogP contribution in [0.15, 0.2) is 18.2 Å². The Labute approximate surface area is 117 Å². The van der Waals surface area contributed by atoms with E-state index in [9.17, 15) is 9.59 Å². The van der Waals surface area contributed by atoms with Gasteiger partial charge in [-0.25, -0.2) is 4.79 Å². The molecule has 1 atom stereocenters. The van der Waals surface area contributed by atoms with Gasteiger partial charge in [-0.1, -0.05) is 12.1 Å². The van der Waals surface area contributed by atoms with Crippen molar-refractivity contribution in [3.8, 4) is 5.75 Å². The topological polar surface area (TPSA) is 84.9 Å². The fourth-order valence-corrected chi connectivity index (χ4v) is 1.63. The number of carbonyl (C=O) groups is 2. The minimum Gasteiger partial charge on any atom is -0.480 e. The first kappa shape index (κ1) is 16.0. The van der Waals surface area contributed by atoms with Gasteiger partial charge in [0, 0.05) is 13.7 Å². The molecule has 110 valence electrons. The molecule has 1 amide bonds. The summed E-state index contributed by atoms with van der Waals surface area (Å²) in [4.78, 5) is 22.9. The van der Waals surface area contributed by atoms with Crippen molar-refractivity contribution in [3.05, 3.63) is 29.3 Å². The van der Waals surface area contributed by atoms with Crippen LogP contribution in [-0.2, 0) is 9.53 Å². The average molecular weight is 281 g/mol. The van der Waals surface area contributed by atoms with Gasteiger partial charge in [0.2, 0.25) is 0 Å². The summed E-state index contributed by atoms with van der Waals surface area (Å²) in [6.07, 6.45) is -0.786. The van der Waals surface area contributed by atoms with Crippen molar-refractivity contribution in [3.63, 3.8) is 0 Å². The SMILES string of the molecule is COCCNC(=O)C(C)Oc1c(C)cccc1C(=O)O. The molecule has 1 unspecified atom stereocenters. The van der Waals surface area contributed by atoms with Gasteiger partial charge in [-0.15, -0.1) is 0 Å². The lowest BCUT2D eigenvalue weighted by Gasteiger charge is -2.17. The third kappa shape index (κ3) is 4.24. The van der Waals surface area contributed by atoms with E-state index in [1.54, 1.807) is 33.1 Å². The number of hydrogen-bond donors (Lipinski definition) is 2. The number of carbonyl (C=O) groups excluding carboxylic acids is 1. The van der Waals surface area contributed by atoms with Crippen LogP contribution in [0.4, 0.5) is 0 Å². The Kier molecular flexibility index (Phi) is 5.99. The second-order valence-corrected chi connectivity index (χ2v) is 4.30. The number of para-hydroxylation sites is 1. The second kappa shape index (κ2) is 7.49. The number of aromatic carboxylic acids is 1. The minimum atomic E-state index is -1.09. The molecule has 0 bridgehead atoms. The van der Waals surface area contributed by atoms with Crippen LogP contribution in [0.2, 0.25) is 0 Å². The van der Waals surface area contributed by atoms with Crippen molar-refractivity contribution >= 4 is 11.9 Å². The van der Waals surface area contributed by atoms with E-state index in [1.807, 2.05) is 0 Å². The lowest BCUT2D eigenvalue weighted by Crippen LogP contribution is -2.38. The Balaban J connectivity index is 2.77. The van der Waals surface area contributed by atoms with Crippen LogP contribution in [0.3, 0.4) is 0 Å². The molecule has 0 radical (unpaired) electrons. The first-order valence-electron chi connectivity index (χ1n) is 6.23. The molecule has 2 N–H and O–H groups in total. The van der Waals surface area contributed by atoms with E-state index in [-0.39, 0.29) is 17.2 Å². The summed E-state index contributed by atoms with van der Waals surface area (Å²) in [5.41, 5.74) is 0.711. The molecule has 0 saturated carbocycles. The average Bonchev–Trinajstić information content (AvgIpc) is 2.40. The molecule has 6 heteroatoms. The van der Waals surface area contributed by atoms with E-state index in [0.717, 1.165) is 0 Å². The van der Waals surface area contributed by atoms with E-state index in [0.29, 0.717) is 18.7 Å². The van der Waals surface area contributed by atoms with Crippen LogP contribution in [0, 0.1) is 6.92 Å². The summed E-state index contributed by atoms with van der Waals surface area (Å²) in [7, 11) is 1.54. The van der Waals surface area contributed by atoms with Gasteiger partial charge in [-0.2, -0.15) is 0 Å². The van der Waals surface area contributed by atoms with Crippen LogP contribution in [0.5, 0.6) is 5.75 Å². The number of ether oxygens (including phenoxy) is 2. The van der Waals surface area contributed by atoms with Crippen LogP contribution < -0.4 is 10.1 Å². The lowest BCUT2D eigenvalue weighted by molar-refractivity contribution is -0.127. The molecule has 0 saturated heterocycles. The highest BCUT2D eigenvalue weighted by Crippen LogP contribution is 2.24. The summed E-state index contributed by atoms with van der Waals surface area (Å²) < 4.78 is 10.3. The van der Waals surface area contributed by atoms with Crippen LogP contribution in [-0.4, -0.2) is 43.3 Å². The molecule has 1 rings (SSSR count). The fraction of sp³-hybridized carbons (Fsp3) is 0.429. The molecule has 0 spiro atoms. The number of rotatable bonds is 7. The molecule has 0 fully saturated rings. The van der Waals surface area contributed by atoms with Gasteiger partial charge in [-0.05, 0) is 25.5 Å². The fourth-order valence-electron chi connectivity index (χ4n) is 1.63. The van der Waals surface area contributed by atoms with E-state index in [4.69, 9.17) is 14.6 Å². The standard InChI is InChI=1S/C14H19NO5/c1-9-5-4-6-11(14(17)18)12(9)20-10(2)13(16)15-7-8-19-3/h4-6,10H,7-8H2,1-3H3,(H,15,16)(H,17,18). The van der Waals surface area contributed by atoms with Crippen molar-refractivity contribution in [2.75, 3.05) is 20.3 Å².